The van der Waals surface area contributed by atoms with E-state index < -0.39 is 5.31 Å². The van der Waals surface area contributed by atoms with Crippen LogP contribution in [-0.2, 0) is 16.1 Å². The van der Waals surface area contributed by atoms with Crippen LogP contribution in [0, 0.1) is 0 Å². The van der Waals surface area contributed by atoms with Crippen molar-refractivity contribution in [2.45, 2.75) is 104 Å². The normalized spacial score (nSPS) is 16.4. The molecule has 0 saturated heterocycles. The van der Waals surface area contributed by atoms with Gasteiger partial charge >= 0.3 is 0 Å². The van der Waals surface area contributed by atoms with Gasteiger partial charge in [-0.25, -0.2) is 0 Å². The quantitative estimate of drug-likeness (QED) is 0.139. The molecule has 48 heavy (non-hydrogen) atoms. The maximum atomic E-state index is 7.17. The van der Waals surface area contributed by atoms with Gasteiger partial charge in [-0.3, -0.25) is 0 Å². The molecule has 2 atom stereocenters. The second-order valence-corrected chi connectivity index (χ2v) is 15.5. The summed E-state index contributed by atoms with van der Waals surface area (Å²) in [4.78, 5) is 2.37. The van der Waals surface area contributed by atoms with Crippen LogP contribution in [-0.4, -0.2) is 7.85 Å². The van der Waals surface area contributed by atoms with Gasteiger partial charge in [0.15, 0.2) is 0 Å². The van der Waals surface area contributed by atoms with E-state index in [1.54, 1.807) is 0 Å². The highest BCUT2D eigenvalue weighted by Gasteiger charge is 2.36. The van der Waals surface area contributed by atoms with E-state index in [9.17, 15) is 0 Å². The van der Waals surface area contributed by atoms with Crippen molar-refractivity contribution in [2.75, 3.05) is 4.90 Å². The first-order valence-corrected chi connectivity index (χ1v) is 18.0. The van der Waals surface area contributed by atoms with Gasteiger partial charge in [0.2, 0.25) is 0 Å². The summed E-state index contributed by atoms with van der Waals surface area (Å²) in [7, 11) is 7.17. The van der Waals surface area contributed by atoms with Gasteiger partial charge in [0.1, 0.15) is 0 Å². The Kier molecular flexibility index (Phi) is 9.01. The standard InChI is InChI=1S/C46H52BN/c1-10-31(4)32-13-21-37(22-14-32)48(39-25-18-35(19-26-39)44(5,6)11-2)38-23-15-33(16-24-38)34-17-27-40-41-28-20-36(45(7,8)12-3)30-43(41)46(9,47)42(40)29-34/h13-31H,10-12H2,1-9H3. The topological polar surface area (TPSA) is 3.24 Å². The second-order valence-electron chi connectivity index (χ2n) is 15.5. The molecule has 0 aliphatic heterocycles. The number of hydrogen-bond acceptors (Lipinski definition) is 1. The van der Waals surface area contributed by atoms with Crippen LogP contribution in [0.2, 0.25) is 0 Å². The van der Waals surface area contributed by atoms with Crippen LogP contribution in [0.3, 0.4) is 0 Å². The van der Waals surface area contributed by atoms with Gasteiger partial charge in [-0.05, 0) is 128 Å². The molecule has 1 aliphatic carbocycles. The summed E-state index contributed by atoms with van der Waals surface area (Å²) in [6.07, 6.45) is 3.32. The predicted molar refractivity (Wildman–Crippen MR) is 210 cm³/mol. The molecule has 1 nitrogen and oxygen atoms in total. The summed E-state index contributed by atoms with van der Waals surface area (Å²) in [6.45, 7) is 20.5. The minimum absolute atomic E-state index is 0.116. The van der Waals surface area contributed by atoms with Gasteiger partial charge in [-0.15, -0.1) is 0 Å². The molecule has 0 amide bonds. The lowest BCUT2D eigenvalue weighted by Crippen LogP contribution is -2.22. The third-order valence-corrected chi connectivity index (χ3v) is 11.7. The zero-order chi connectivity index (χ0) is 34.4. The average molecular weight is 630 g/mol. The third kappa shape index (κ3) is 6.04. The second kappa shape index (κ2) is 12.8. The van der Waals surface area contributed by atoms with Crippen LogP contribution >= 0.6 is 0 Å². The highest BCUT2D eigenvalue weighted by atomic mass is 15.1. The van der Waals surface area contributed by atoms with E-state index in [0.717, 1.165) is 36.3 Å². The van der Waals surface area contributed by atoms with Crippen molar-refractivity contribution in [1.82, 2.24) is 0 Å². The van der Waals surface area contributed by atoms with Crippen molar-refractivity contribution in [3.05, 3.63) is 137 Å². The Morgan fingerprint density at radius 1 is 0.583 bits per heavy atom. The minimum atomic E-state index is -0.544. The van der Waals surface area contributed by atoms with Crippen molar-refractivity contribution < 1.29 is 0 Å². The number of rotatable bonds is 10. The summed E-state index contributed by atoms with van der Waals surface area (Å²) in [6, 6.07) is 41.0. The molecular formula is C46H52BN. The predicted octanol–water partition coefficient (Wildman–Crippen LogP) is 13.1. The zero-order valence-electron chi connectivity index (χ0n) is 30.6. The largest absolute Gasteiger partial charge is 0.311 e. The summed E-state index contributed by atoms with van der Waals surface area (Å²) >= 11 is 0. The Bertz CT molecular complexity index is 1890. The van der Waals surface area contributed by atoms with Gasteiger partial charge in [-0.1, -0.05) is 135 Å². The Balaban J connectivity index is 1.35. The molecular weight excluding hydrogens is 577 g/mol. The van der Waals surface area contributed by atoms with Crippen molar-refractivity contribution in [1.29, 1.82) is 0 Å². The van der Waals surface area contributed by atoms with Crippen molar-refractivity contribution in [3.8, 4) is 22.3 Å². The molecule has 0 saturated carbocycles. The highest BCUT2D eigenvalue weighted by Crippen LogP contribution is 2.49. The SMILES string of the molecule is [B]C1(C)c2cc(-c3ccc(N(c4ccc(C(C)CC)cc4)c4ccc(C(C)(C)CC)cc4)cc3)ccc2-c2ccc(C(C)(C)CC)cc21. The monoisotopic (exact) mass is 629 g/mol. The molecule has 0 fully saturated rings. The fourth-order valence-corrected chi connectivity index (χ4v) is 7.07. The van der Waals surface area contributed by atoms with Gasteiger partial charge in [0.25, 0.3) is 0 Å². The molecule has 5 aromatic rings. The number of nitrogens with zero attached hydrogens (tertiary/aromatic N) is 1. The number of benzene rings is 5. The van der Waals surface area contributed by atoms with Crippen LogP contribution in [0.25, 0.3) is 22.3 Å². The molecule has 0 aromatic heterocycles. The molecule has 0 spiro atoms. The highest BCUT2D eigenvalue weighted by molar-refractivity contribution is 6.21. The lowest BCUT2D eigenvalue weighted by atomic mass is 9.63. The lowest BCUT2D eigenvalue weighted by Gasteiger charge is -2.28. The van der Waals surface area contributed by atoms with Crippen LogP contribution < -0.4 is 4.90 Å². The Morgan fingerprint density at radius 3 is 1.56 bits per heavy atom. The van der Waals surface area contributed by atoms with E-state index in [2.05, 4.69) is 176 Å². The Hall–Kier alpha value is -4.04. The van der Waals surface area contributed by atoms with Gasteiger partial charge in [-0.2, -0.15) is 0 Å². The van der Waals surface area contributed by atoms with Crippen molar-refractivity contribution in [2.24, 2.45) is 0 Å². The van der Waals surface area contributed by atoms with E-state index in [1.807, 2.05) is 0 Å². The van der Waals surface area contributed by atoms with E-state index in [0.29, 0.717) is 5.92 Å². The maximum absolute atomic E-state index is 7.17. The molecule has 0 N–H and O–H groups in total. The van der Waals surface area contributed by atoms with E-state index in [4.69, 9.17) is 7.85 Å². The number of hydrogen-bond donors (Lipinski definition) is 0. The fourth-order valence-electron chi connectivity index (χ4n) is 7.07. The first-order valence-electron chi connectivity index (χ1n) is 18.0. The molecule has 2 radical (unpaired) electrons. The number of fused-ring (bicyclic) bond motifs is 3. The Labute approximate surface area is 291 Å². The van der Waals surface area contributed by atoms with E-state index >= 15 is 0 Å². The Morgan fingerprint density at radius 2 is 1.02 bits per heavy atom. The fraction of sp³-hybridized carbons (Fsp3) is 0.348. The molecule has 1 aliphatic rings. The first-order chi connectivity index (χ1) is 22.8. The summed E-state index contributed by atoms with van der Waals surface area (Å²) in [5, 5.41) is -0.544. The van der Waals surface area contributed by atoms with Crippen LogP contribution in [0.5, 0.6) is 0 Å². The van der Waals surface area contributed by atoms with Gasteiger partial charge < -0.3 is 4.90 Å². The van der Waals surface area contributed by atoms with Crippen molar-refractivity contribution >= 4 is 24.9 Å². The maximum Gasteiger partial charge on any atom is 0.0871 e. The van der Waals surface area contributed by atoms with Crippen molar-refractivity contribution in [3.63, 3.8) is 0 Å². The van der Waals surface area contributed by atoms with Gasteiger partial charge in [0, 0.05) is 17.1 Å². The average Bonchev–Trinajstić information content (AvgIpc) is 3.34. The molecule has 244 valence electrons. The first kappa shape index (κ1) is 33.9. The summed E-state index contributed by atoms with van der Waals surface area (Å²) in [5.74, 6) is 0.545. The lowest BCUT2D eigenvalue weighted by molar-refractivity contribution is 0.505. The van der Waals surface area contributed by atoms with Crippen LogP contribution in [0.1, 0.15) is 115 Å². The van der Waals surface area contributed by atoms with Crippen LogP contribution in [0.15, 0.2) is 109 Å². The summed E-state index contributed by atoms with van der Waals surface area (Å²) < 4.78 is 0. The van der Waals surface area contributed by atoms with Crippen LogP contribution in [0.4, 0.5) is 17.1 Å². The molecule has 2 unspecified atom stereocenters. The van der Waals surface area contributed by atoms with E-state index in [1.165, 1.54) is 50.1 Å². The number of anilines is 3. The van der Waals surface area contributed by atoms with E-state index in [-0.39, 0.29) is 10.8 Å². The molecule has 2 heteroatoms. The zero-order valence-corrected chi connectivity index (χ0v) is 30.6. The molecule has 0 bridgehead atoms. The minimum Gasteiger partial charge on any atom is -0.311 e. The third-order valence-electron chi connectivity index (χ3n) is 11.7. The van der Waals surface area contributed by atoms with Gasteiger partial charge in [0.05, 0.1) is 7.85 Å². The smallest absolute Gasteiger partial charge is 0.0871 e. The molecule has 5 aromatic carbocycles. The molecule has 6 rings (SSSR count). The summed E-state index contributed by atoms with van der Waals surface area (Å²) in [5.41, 5.74) is 15.1. The molecule has 0 heterocycles.